The maximum atomic E-state index is 12.2. The number of rotatable bonds is 5. The summed E-state index contributed by atoms with van der Waals surface area (Å²) < 4.78 is 5.53. The first-order valence-electron chi connectivity index (χ1n) is 7.61. The maximum absolute atomic E-state index is 12.2. The van der Waals surface area contributed by atoms with Crippen molar-refractivity contribution in [1.82, 2.24) is 5.32 Å². The van der Waals surface area contributed by atoms with Crippen LogP contribution < -0.4 is 15.4 Å². The Morgan fingerprint density at radius 2 is 1.96 bits per heavy atom. The molecule has 1 aliphatic rings. The molecule has 1 heterocycles. The molecule has 2 aromatic rings. The number of fused-ring (bicyclic) bond motifs is 1. The summed E-state index contributed by atoms with van der Waals surface area (Å²) in [5, 5.41) is 5.64. The van der Waals surface area contributed by atoms with Crippen molar-refractivity contribution in [1.29, 1.82) is 0 Å². The van der Waals surface area contributed by atoms with Gasteiger partial charge in [0, 0.05) is 17.7 Å². The standard InChI is InChI=1S/C18H18N2O3/c21-17-9-7-13-12-14(6-8-16(13)20-17)18(22)19-10-11-23-15-4-2-1-3-5-15/h1-6,8,12H,7,9-11H2,(H,19,22)(H,20,21). The van der Waals surface area contributed by atoms with Crippen molar-refractivity contribution in [3.63, 3.8) is 0 Å². The van der Waals surface area contributed by atoms with Gasteiger partial charge in [-0.1, -0.05) is 18.2 Å². The average molecular weight is 310 g/mol. The molecule has 0 unspecified atom stereocenters. The van der Waals surface area contributed by atoms with Crippen LogP contribution in [0.4, 0.5) is 5.69 Å². The Morgan fingerprint density at radius 1 is 1.13 bits per heavy atom. The van der Waals surface area contributed by atoms with Crippen LogP contribution in [0.5, 0.6) is 5.75 Å². The van der Waals surface area contributed by atoms with E-state index in [4.69, 9.17) is 4.74 Å². The molecule has 3 rings (SSSR count). The highest BCUT2D eigenvalue weighted by Gasteiger charge is 2.16. The van der Waals surface area contributed by atoms with E-state index in [1.807, 2.05) is 36.4 Å². The van der Waals surface area contributed by atoms with Gasteiger partial charge in [-0.25, -0.2) is 0 Å². The highest BCUT2D eigenvalue weighted by atomic mass is 16.5. The van der Waals surface area contributed by atoms with Crippen molar-refractivity contribution < 1.29 is 14.3 Å². The van der Waals surface area contributed by atoms with Gasteiger partial charge in [-0.2, -0.15) is 0 Å². The molecule has 2 aromatic carbocycles. The molecule has 0 atom stereocenters. The number of benzene rings is 2. The minimum absolute atomic E-state index is 0.0211. The second kappa shape index (κ2) is 6.96. The number of hydrogen-bond donors (Lipinski definition) is 2. The molecule has 2 amide bonds. The quantitative estimate of drug-likeness (QED) is 0.833. The Balaban J connectivity index is 1.51. The van der Waals surface area contributed by atoms with Gasteiger partial charge in [0.1, 0.15) is 12.4 Å². The second-order valence-corrected chi connectivity index (χ2v) is 5.34. The van der Waals surface area contributed by atoms with Crippen LogP contribution in [-0.4, -0.2) is 25.0 Å². The molecule has 1 aliphatic heterocycles. The molecule has 2 N–H and O–H groups in total. The van der Waals surface area contributed by atoms with E-state index in [2.05, 4.69) is 10.6 Å². The molecule has 0 aromatic heterocycles. The lowest BCUT2D eigenvalue weighted by molar-refractivity contribution is -0.116. The van der Waals surface area contributed by atoms with E-state index in [0.29, 0.717) is 31.6 Å². The summed E-state index contributed by atoms with van der Waals surface area (Å²) in [6.07, 6.45) is 1.13. The van der Waals surface area contributed by atoms with Crippen LogP contribution in [0.1, 0.15) is 22.3 Å². The highest BCUT2D eigenvalue weighted by molar-refractivity contribution is 5.97. The lowest BCUT2D eigenvalue weighted by atomic mass is 10.00. The Kier molecular flexibility index (Phi) is 4.57. The predicted molar refractivity (Wildman–Crippen MR) is 87.7 cm³/mol. The Bertz CT molecular complexity index is 713. The van der Waals surface area contributed by atoms with Crippen LogP contribution in [0, 0.1) is 0 Å². The summed E-state index contributed by atoms with van der Waals surface area (Å²) in [6, 6.07) is 14.8. The molecule has 118 valence electrons. The molecule has 0 bridgehead atoms. The first kappa shape index (κ1) is 15.1. The summed E-state index contributed by atoms with van der Waals surface area (Å²) in [5.74, 6) is 0.667. The van der Waals surface area contributed by atoms with Gasteiger partial charge < -0.3 is 15.4 Å². The number of aryl methyl sites for hydroxylation is 1. The SMILES string of the molecule is O=C1CCc2cc(C(=O)NCCOc3ccccc3)ccc2N1. The molecule has 0 aliphatic carbocycles. The number of carbonyl (C=O) groups excluding carboxylic acids is 2. The van der Waals surface area contributed by atoms with Crippen molar-refractivity contribution >= 4 is 17.5 Å². The molecular weight excluding hydrogens is 292 g/mol. The predicted octanol–water partition coefficient (Wildman–Crippen LogP) is 2.38. The van der Waals surface area contributed by atoms with Gasteiger partial charge in [0.05, 0.1) is 6.54 Å². The van der Waals surface area contributed by atoms with Crippen molar-refractivity contribution in [2.75, 3.05) is 18.5 Å². The van der Waals surface area contributed by atoms with Gasteiger partial charge in [0.15, 0.2) is 0 Å². The summed E-state index contributed by atoms with van der Waals surface area (Å²) >= 11 is 0. The summed E-state index contributed by atoms with van der Waals surface area (Å²) in [5.41, 5.74) is 2.39. The van der Waals surface area contributed by atoms with E-state index < -0.39 is 0 Å². The number of amides is 2. The lowest BCUT2D eigenvalue weighted by Gasteiger charge is -2.17. The van der Waals surface area contributed by atoms with Crippen LogP contribution in [0.25, 0.3) is 0 Å². The fourth-order valence-electron chi connectivity index (χ4n) is 2.48. The van der Waals surface area contributed by atoms with Crippen molar-refractivity contribution in [2.24, 2.45) is 0 Å². The molecule has 0 fully saturated rings. The van der Waals surface area contributed by atoms with E-state index in [0.717, 1.165) is 17.0 Å². The first-order chi connectivity index (χ1) is 11.2. The fourth-order valence-corrected chi connectivity index (χ4v) is 2.48. The van der Waals surface area contributed by atoms with Gasteiger partial charge in [-0.05, 0) is 42.3 Å². The fraction of sp³-hybridized carbons (Fsp3) is 0.222. The average Bonchev–Trinajstić information content (AvgIpc) is 2.59. The molecular formula is C18H18N2O3. The monoisotopic (exact) mass is 310 g/mol. The third-order valence-corrected chi connectivity index (χ3v) is 3.66. The van der Waals surface area contributed by atoms with Crippen molar-refractivity contribution in [3.05, 3.63) is 59.7 Å². The summed E-state index contributed by atoms with van der Waals surface area (Å²) in [7, 11) is 0. The van der Waals surface area contributed by atoms with E-state index in [9.17, 15) is 9.59 Å². The van der Waals surface area contributed by atoms with Gasteiger partial charge in [0.2, 0.25) is 5.91 Å². The highest BCUT2D eigenvalue weighted by Crippen LogP contribution is 2.23. The molecule has 0 radical (unpaired) electrons. The van der Waals surface area contributed by atoms with Gasteiger partial charge in [0.25, 0.3) is 5.91 Å². The van der Waals surface area contributed by atoms with Gasteiger partial charge >= 0.3 is 0 Å². The molecule has 0 saturated heterocycles. The Labute approximate surface area is 134 Å². The van der Waals surface area contributed by atoms with Gasteiger partial charge in [-0.15, -0.1) is 0 Å². The maximum Gasteiger partial charge on any atom is 0.251 e. The number of carbonyl (C=O) groups is 2. The zero-order valence-corrected chi connectivity index (χ0v) is 12.7. The van der Waals surface area contributed by atoms with Crippen LogP contribution in [0.2, 0.25) is 0 Å². The second-order valence-electron chi connectivity index (χ2n) is 5.34. The number of nitrogens with one attached hydrogen (secondary N) is 2. The number of para-hydroxylation sites is 1. The molecule has 0 saturated carbocycles. The van der Waals surface area contributed by atoms with Crippen molar-refractivity contribution in [3.8, 4) is 5.75 Å². The normalized spacial score (nSPS) is 13.0. The summed E-state index contributed by atoms with van der Waals surface area (Å²) in [4.78, 5) is 23.5. The van der Waals surface area contributed by atoms with Crippen LogP contribution >= 0.6 is 0 Å². The largest absolute Gasteiger partial charge is 0.492 e. The number of ether oxygens (including phenoxy) is 1. The number of hydrogen-bond acceptors (Lipinski definition) is 3. The lowest BCUT2D eigenvalue weighted by Crippen LogP contribution is -2.28. The molecule has 0 spiro atoms. The zero-order valence-electron chi connectivity index (χ0n) is 12.7. The smallest absolute Gasteiger partial charge is 0.251 e. The third-order valence-electron chi connectivity index (χ3n) is 3.66. The number of anilines is 1. The molecule has 5 nitrogen and oxygen atoms in total. The first-order valence-corrected chi connectivity index (χ1v) is 7.61. The van der Waals surface area contributed by atoms with Gasteiger partial charge in [-0.3, -0.25) is 9.59 Å². The van der Waals surface area contributed by atoms with Crippen LogP contribution in [-0.2, 0) is 11.2 Å². The van der Waals surface area contributed by atoms with Crippen LogP contribution in [0.15, 0.2) is 48.5 Å². The van der Waals surface area contributed by atoms with E-state index >= 15 is 0 Å². The Hall–Kier alpha value is -2.82. The summed E-state index contributed by atoms with van der Waals surface area (Å²) in [6.45, 7) is 0.846. The third kappa shape index (κ3) is 3.88. The van der Waals surface area contributed by atoms with E-state index in [1.54, 1.807) is 12.1 Å². The Morgan fingerprint density at radius 3 is 2.78 bits per heavy atom. The van der Waals surface area contributed by atoms with E-state index in [1.165, 1.54) is 0 Å². The minimum atomic E-state index is -0.138. The minimum Gasteiger partial charge on any atom is -0.492 e. The van der Waals surface area contributed by atoms with Crippen molar-refractivity contribution in [2.45, 2.75) is 12.8 Å². The topological polar surface area (TPSA) is 67.4 Å². The molecule has 23 heavy (non-hydrogen) atoms. The van der Waals surface area contributed by atoms with Crippen LogP contribution in [0.3, 0.4) is 0 Å². The zero-order chi connectivity index (χ0) is 16.1. The van der Waals surface area contributed by atoms with E-state index in [-0.39, 0.29) is 11.8 Å². The molecule has 5 heteroatoms.